The largest absolute Gasteiger partial charge is 0.462 e. The summed E-state index contributed by atoms with van der Waals surface area (Å²) in [7, 11) is 3.91. The van der Waals surface area contributed by atoms with E-state index in [9.17, 15) is 14.4 Å². The highest BCUT2D eigenvalue weighted by Crippen LogP contribution is 2.14. The van der Waals surface area contributed by atoms with E-state index < -0.39 is 6.10 Å². The summed E-state index contributed by atoms with van der Waals surface area (Å²) in [5, 5.41) is 0. The molecule has 0 spiro atoms. The third-order valence-corrected chi connectivity index (χ3v) is 8.11. The summed E-state index contributed by atoms with van der Waals surface area (Å²) >= 11 is 0. The van der Waals surface area contributed by atoms with Gasteiger partial charge in [0, 0.05) is 19.3 Å². The molecule has 0 aromatic heterocycles. The van der Waals surface area contributed by atoms with Crippen LogP contribution in [0, 0.1) is 0 Å². The van der Waals surface area contributed by atoms with E-state index in [1.165, 1.54) is 103 Å². The standard InChI is InChI=1S/C37H71NO6/c1-5-7-9-11-13-15-17-19-21-23-25-28-35(39)42-32-34(44-37(41)30-27-31-38(3)4)33-43-36(40)29-26-24-22-20-18-16-14-12-10-8-6-2/h34H,5-33H2,1-4H3. The first-order valence-corrected chi connectivity index (χ1v) is 18.5. The smallest absolute Gasteiger partial charge is 0.306 e. The molecular formula is C37H71NO6. The number of carbonyl (C=O) groups is 3. The Bertz CT molecular complexity index is 626. The number of nitrogens with zero attached hydrogens (tertiary/aromatic N) is 1. The van der Waals surface area contributed by atoms with Crippen LogP contribution in [0.4, 0.5) is 0 Å². The maximum atomic E-state index is 12.4. The van der Waals surface area contributed by atoms with Crippen molar-refractivity contribution in [1.82, 2.24) is 4.90 Å². The molecule has 0 aliphatic rings. The average molecular weight is 626 g/mol. The van der Waals surface area contributed by atoms with Crippen LogP contribution in [0.3, 0.4) is 0 Å². The van der Waals surface area contributed by atoms with Gasteiger partial charge >= 0.3 is 17.9 Å². The predicted molar refractivity (Wildman–Crippen MR) is 182 cm³/mol. The van der Waals surface area contributed by atoms with Gasteiger partial charge in [-0.3, -0.25) is 14.4 Å². The Balaban J connectivity index is 4.19. The zero-order valence-corrected chi connectivity index (χ0v) is 29.5. The fourth-order valence-electron chi connectivity index (χ4n) is 5.28. The number of ether oxygens (including phenoxy) is 3. The van der Waals surface area contributed by atoms with Crippen molar-refractivity contribution in [2.75, 3.05) is 33.9 Å². The van der Waals surface area contributed by atoms with Crippen molar-refractivity contribution in [2.24, 2.45) is 0 Å². The van der Waals surface area contributed by atoms with Crippen molar-refractivity contribution >= 4 is 17.9 Å². The first kappa shape index (κ1) is 42.4. The SMILES string of the molecule is CCCCCCCCCCCCCC(=O)OCC(COC(=O)CCCCCCCCCCCCC)OC(=O)CCCN(C)C. The van der Waals surface area contributed by atoms with Crippen LogP contribution < -0.4 is 0 Å². The van der Waals surface area contributed by atoms with Crippen molar-refractivity contribution < 1.29 is 28.6 Å². The molecule has 0 aliphatic carbocycles. The van der Waals surface area contributed by atoms with Gasteiger partial charge in [0.05, 0.1) is 0 Å². The molecule has 0 N–H and O–H groups in total. The van der Waals surface area contributed by atoms with Gasteiger partial charge in [-0.1, -0.05) is 142 Å². The Morgan fingerprint density at radius 2 is 0.773 bits per heavy atom. The van der Waals surface area contributed by atoms with Gasteiger partial charge in [0.2, 0.25) is 0 Å². The minimum Gasteiger partial charge on any atom is -0.462 e. The highest BCUT2D eigenvalue weighted by atomic mass is 16.6. The van der Waals surface area contributed by atoms with E-state index in [0.717, 1.165) is 45.1 Å². The molecule has 0 saturated heterocycles. The van der Waals surface area contributed by atoms with E-state index in [1.54, 1.807) is 0 Å². The fraction of sp³-hybridized carbons (Fsp3) is 0.919. The van der Waals surface area contributed by atoms with Gasteiger partial charge in [0.25, 0.3) is 0 Å². The van der Waals surface area contributed by atoms with Gasteiger partial charge in [0.15, 0.2) is 6.10 Å². The number of esters is 3. The van der Waals surface area contributed by atoms with Crippen LogP contribution in [0.2, 0.25) is 0 Å². The number of hydrogen-bond acceptors (Lipinski definition) is 7. The lowest BCUT2D eigenvalue weighted by Crippen LogP contribution is -2.31. The highest BCUT2D eigenvalue weighted by Gasteiger charge is 2.19. The molecule has 0 atom stereocenters. The topological polar surface area (TPSA) is 82.1 Å². The second-order valence-corrected chi connectivity index (χ2v) is 13.0. The maximum absolute atomic E-state index is 12.4. The molecule has 0 heterocycles. The zero-order chi connectivity index (χ0) is 32.5. The number of rotatable bonds is 33. The summed E-state index contributed by atoms with van der Waals surface area (Å²) in [4.78, 5) is 39.0. The van der Waals surface area contributed by atoms with Crippen LogP contribution >= 0.6 is 0 Å². The van der Waals surface area contributed by atoms with Crippen LogP contribution in [-0.4, -0.2) is 62.8 Å². The Hall–Kier alpha value is -1.63. The van der Waals surface area contributed by atoms with Gasteiger partial charge in [-0.05, 0) is 39.9 Å². The molecule has 260 valence electrons. The Morgan fingerprint density at radius 1 is 0.455 bits per heavy atom. The monoisotopic (exact) mass is 626 g/mol. The normalized spacial score (nSPS) is 11.3. The summed E-state index contributed by atoms with van der Waals surface area (Å²) in [6.07, 6.45) is 27.8. The Morgan fingerprint density at radius 3 is 1.11 bits per heavy atom. The summed E-state index contributed by atoms with van der Waals surface area (Å²) in [6, 6.07) is 0. The molecule has 0 rings (SSSR count). The predicted octanol–water partition coefficient (Wildman–Crippen LogP) is 9.73. The quantitative estimate of drug-likeness (QED) is 0.0408. The van der Waals surface area contributed by atoms with Gasteiger partial charge < -0.3 is 19.1 Å². The molecule has 0 saturated carbocycles. The lowest BCUT2D eigenvalue weighted by molar-refractivity contribution is -0.167. The third-order valence-electron chi connectivity index (χ3n) is 8.11. The van der Waals surface area contributed by atoms with Gasteiger partial charge in [0.1, 0.15) is 13.2 Å². The maximum Gasteiger partial charge on any atom is 0.306 e. The lowest BCUT2D eigenvalue weighted by atomic mass is 10.1. The summed E-state index contributed by atoms with van der Waals surface area (Å²) < 4.78 is 16.4. The van der Waals surface area contributed by atoms with Crippen LogP contribution in [0.1, 0.15) is 181 Å². The lowest BCUT2D eigenvalue weighted by Gasteiger charge is -2.18. The van der Waals surface area contributed by atoms with Crippen LogP contribution in [0.25, 0.3) is 0 Å². The van der Waals surface area contributed by atoms with Crippen molar-refractivity contribution in [3.63, 3.8) is 0 Å². The second kappa shape index (κ2) is 32.8. The first-order chi connectivity index (χ1) is 21.4. The highest BCUT2D eigenvalue weighted by molar-refractivity contribution is 5.71. The number of unbranched alkanes of at least 4 members (excludes halogenated alkanes) is 20. The van der Waals surface area contributed by atoms with Crippen LogP contribution in [0.5, 0.6) is 0 Å². The molecule has 0 bridgehead atoms. The Labute approximate surface area is 271 Å². The summed E-state index contributed by atoms with van der Waals surface area (Å²) in [6.45, 7) is 5.11. The zero-order valence-electron chi connectivity index (χ0n) is 29.5. The molecule has 7 heteroatoms. The van der Waals surface area contributed by atoms with E-state index in [2.05, 4.69) is 13.8 Å². The minimum atomic E-state index is -0.774. The minimum absolute atomic E-state index is 0.0813. The molecule has 0 unspecified atom stereocenters. The summed E-state index contributed by atoms with van der Waals surface area (Å²) in [5.74, 6) is -0.941. The van der Waals surface area contributed by atoms with Crippen molar-refractivity contribution in [3.8, 4) is 0 Å². The van der Waals surface area contributed by atoms with E-state index in [4.69, 9.17) is 14.2 Å². The number of carbonyl (C=O) groups excluding carboxylic acids is 3. The summed E-state index contributed by atoms with van der Waals surface area (Å²) in [5.41, 5.74) is 0. The van der Waals surface area contributed by atoms with E-state index in [1.807, 2.05) is 19.0 Å². The molecule has 0 amide bonds. The molecule has 0 aromatic carbocycles. The molecular weight excluding hydrogens is 554 g/mol. The average Bonchev–Trinajstić information content (AvgIpc) is 2.99. The van der Waals surface area contributed by atoms with E-state index in [-0.39, 0.29) is 37.5 Å². The van der Waals surface area contributed by atoms with Gasteiger partial charge in [-0.25, -0.2) is 0 Å². The first-order valence-electron chi connectivity index (χ1n) is 18.5. The molecule has 0 fully saturated rings. The second-order valence-electron chi connectivity index (χ2n) is 13.0. The number of hydrogen-bond donors (Lipinski definition) is 0. The molecule has 0 aromatic rings. The third kappa shape index (κ3) is 31.8. The van der Waals surface area contributed by atoms with Gasteiger partial charge in [-0.15, -0.1) is 0 Å². The van der Waals surface area contributed by atoms with Crippen molar-refractivity contribution in [1.29, 1.82) is 0 Å². The van der Waals surface area contributed by atoms with Crippen LogP contribution in [-0.2, 0) is 28.6 Å². The molecule has 0 aliphatic heterocycles. The fourth-order valence-corrected chi connectivity index (χ4v) is 5.28. The Kier molecular flexibility index (Phi) is 31.5. The van der Waals surface area contributed by atoms with Crippen molar-refractivity contribution in [3.05, 3.63) is 0 Å². The molecule has 44 heavy (non-hydrogen) atoms. The van der Waals surface area contributed by atoms with E-state index >= 15 is 0 Å². The molecule has 0 radical (unpaired) electrons. The molecule has 7 nitrogen and oxygen atoms in total. The van der Waals surface area contributed by atoms with Gasteiger partial charge in [-0.2, -0.15) is 0 Å². The van der Waals surface area contributed by atoms with Crippen LogP contribution in [0.15, 0.2) is 0 Å². The van der Waals surface area contributed by atoms with Crippen molar-refractivity contribution in [2.45, 2.75) is 187 Å². The van der Waals surface area contributed by atoms with E-state index in [0.29, 0.717) is 19.3 Å².